The lowest BCUT2D eigenvalue weighted by Crippen LogP contribution is -2.26. The first-order chi connectivity index (χ1) is 17.9. The molecule has 6 aromatic rings. The van der Waals surface area contributed by atoms with Gasteiger partial charge in [0.25, 0.3) is 5.91 Å². The Morgan fingerprint density at radius 2 is 1.73 bits per heavy atom. The number of hydrogen-bond acceptors (Lipinski definition) is 3. The van der Waals surface area contributed by atoms with Crippen molar-refractivity contribution in [3.63, 3.8) is 0 Å². The highest BCUT2D eigenvalue weighted by atomic mass is 19.4. The maximum atomic E-state index is 14.0. The second kappa shape index (κ2) is 8.77. The minimum atomic E-state index is -4.69. The number of aromatic amines is 1. The first-order valence-electron chi connectivity index (χ1n) is 11.7. The van der Waals surface area contributed by atoms with Gasteiger partial charge in [-0.25, -0.2) is 9.50 Å². The van der Waals surface area contributed by atoms with Crippen LogP contribution in [0.25, 0.3) is 38.6 Å². The third-order valence-electron chi connectivity index (χ3n) is 6.35. The Hall–Kier alpha value is -4.66. The van der Waals surface area contributed by atoms with Crippen molar-refractivity contribution < 1.29 is 18.0 Å². The van der Waals surface area contributed by atoms with E-state index in [2.05, 4.69) is 20.4 Å². The van der Waals surface area contributed by atoms with Gasteiger partial charge in [0.1, 0.15) is 0 Å². The highest BCUT2D eigenvalue weighted by Gasteiger charge is 2.35. The van der Waals surface area contributed by atoms with E-state index in [4.69, 9.17) is 0 Å². The van der Waals surface area contributed by atoms with Crippen molar-refractivity contribution in [3.05, 3.63) is 102 Å². The lowest BCUT2D eigenvalue weighted by Gasteiger charge is -2.11. The van der Waals surface area contributed by atoms with Crippen molar-refractivity contribution in [1.82, 2.24) is 24.9 Å². The molecule has 0 aliphatic carbocycles. The van der Waals surface area contributed by atoms with Gasteiger partial charge in [-0.1, -0.05) is 54.6 Å². The van der Waals surface area contributed by atoms with Gasteiger partial charge < -0.3 is 10.3 Å². The normalized spacial score (nSPS) is 12.0. The SMILES string of the molecule is O=C(NCCc1c[nH]c2ccccc12)c1cc2nc(-c3ccc4ccccc4c3)cc(C(F)(F)F)n2n1. The number of aromatic nitrogens is 4. The van der Waals surface area contributed by atoms with Crippen LogP contribution in [-0.4, -0.2) is 32.0 Å². The molecule has 0 saturated carbocycles. The molecule has 0 fully saturated rings. The Kier molecular flexibility index (Phi) is 5.40. The van der Waals surface area contributed by atoms with Crippen LogP contribution < -0.4 is 5.32 Å². The third-order valence-corrected chi connectivity index (χ3v) is 6.35. The number of alkyl halides is 3. The van der Waals surface area contributed by atoms with Crippen molar-refractivity contribution in [3.8, 4) is 11.3 Å². The fraction of sp³-hybridized carbons (Fsp3) is 0.107. The molecule has 0 aliphatic rings. The second-order valence-corrected chi connectivity index (χ2v) is 8.75. The van der Waals surface area contributed by atoms with Crippen LogP contribution in [0, 0.1) is 0 Å². The molecule has 0 unspecified atom stereocenters. The predicted molar refractivity (Wildman–Crippen MR) is 135 cm³/mol. The van der Waals surface area contributed by atoms with Crippen LogP contribution in [0.15, 0.2) is 85.1 Å². The van der Waals surface area contributed by atoms with Crippen LogP contribution in [0.2, 0.25) is 0 Å². The van der Waals surface area contributed by atoms with Gasteiger partial charge in [0.15, 0.2) is 17.0 Å². The lowest BCUT2D eigenvalue weighted by atomic mass is 10.0. The number of carbonyl (C=O) groups excluding carboxylic acids is 1. The van der Waals surface area contributed by atoms with Gasteiger partial charge in [0, 0.05) is 35.3 Å². The summed E-state index contributed by atoms with van der Waals surface area (Å²) in [5.74, 6) is -0.564. The zero-order valence-corrected chi connectivity index (χ0v) is 19.4. The molecule has 0 spiro atoms. The average molecular weight is 499 g/mol. The molecule has 6 nitrogen and oxygen atoms in total. The van der Waals surface area contributed by atoms with Gasteiger partial charge >= 0.3 is 6.18 Å². The predicted octanol–water partition coefficient (Wildman–Crippen LogP) is 6.02. The first-order valence-corrected chi connectivity index (χ1v) is 11.7. The highest BCUT2D eigenvalue weighted by Crippen LogP contribution is 2.33. The van der Waals surface area contributed by atoms with E-state index < -0.39 is 17.8 Å². The smallest absolute Gasteiger partial charge is 0.361 e. The fourth-order valence-electron chi connectivity index (χ4n) is 4.52. The summed E-state index contributed by atoms with van der Waals surface area (Å²) >= 11 is 0. The number of para-hydroxylation sites is 1. The monoisotopic (exact) mass is 499 g/mol. The average Bonchev–Trinajstić information content (AvgIpc) is 3.51. The maximum Gasteiger partial charge on any atom is 0.433 e. The number of nitrogens with one attached hydrogen (secondary N) is 2. The lowest BCUT2D eigenvalue weighted by molar-refractivity contribution is -0.142. The first kappa shape index (κ1) is 22.8. The number of H-pyrrole nitrogens is 1. The van der Waals surface area contributed by atoms with Gasteiger partial charge in [0.05, 0.1) is 5.69 Å². The van der Waals surface area contributed by atoms with Crippen LogP contribution in [0.5, 0.6) is 0 Å². The van der Waals surface area contributed by atoms with E-state index >= 15 is 0 Å². The van der Waals surface area contributed by atoms with E-state index in [9.17, 15) is 18.0 Å². The minimum Gasteiger partial charge on any atom is -0.361 e. The summed E-state index contributed by atoms with van der Waals surface area (Å²) < 4.78 is 42.6. The van der Waals surface area contributed by atoms with Gasteiger partial charge in [-0.2, -0.15) is 18.3 Å². The van der Waals surface area contributed by atoms with E-state index in [1.54, 1.807) is 12.1 Å². The van der Waals surface area contributed by atoms with Gasteiger partial charge in [-0.15, -0.1) is 0 Å². The molecular formula is C28H20F3N5O. The Morgan fingerprint density at radius 1 is 0.946 bits per heavy atom. The number of hydrogen-bond donors (Lipinski definition) is 2. The molecule has 37 heavy (non-hydrogen) atoms. The summed E-state index contributed by atoms with van der Waals surface area (Å²) in [4.78, 5) is 20.3. The molecule has 0 bridgehead atoms. The van der Waals surface area contributed by atoms with Crippen molar-refractivity contribution in [2.45, 2.75) is 12.6 Å². The summed E-state index contributed by atoms with van der Waals surface area (Å²) in [5.41, 5.74) is 1.53. The van der Waals surface area contributed by atoms with Crippen LogP contribution in [0.4, 0.5) is 13.2 Å². The van der Waals surface area contributed by atoms with E-state index in [1.165, 1.54) is 6.07 Å². The van der Waals surface area contributed by atoms with Crippen LogP contribution >= 0.6 is 0 Å². The molecule has 0 saturated heterocycles. The van der Waals surface area contributed by atoms with Crippen molar-refractivity contribution >= 4 is 33.2 Å². The van der Waals surface area contributed by atoms with E-state index in [0.717, 1.165) is 33.3 Å². The number of carbonyl (C=O) groups is 1. The van der Waals surface area contributed by atoms with Crippen molar-refractivity contribution in [2.24, 2.45) is 0 Å². The minimum absolute atomic E-state index is 0.0558. The van der Waals surface area contributed by atoms with Gasteiger partial charge in [-0.05, 0) is 41.0 Å². The maximum absolute atomic E-state index is 14.0. The van der Waals surface area contributed by atoms with Crippen LogP contribution in [-0.2, 0) is 12.6 Å². The molecule has 9 heteroatoms. The zero-order valence-electron chi connectivity index (χ0n) is 19.4. The van der Waals surface area contributed by atoms with Crippen LogP contribution in [0.3, 0.4) is 0 Å². The standard InChI is InChI=1S/C28H20F3N5O/c29-28(30,31)25-14-23(19-10-9-17-5-1-2-6-18(17)13-19)34-26-15-24(35-36(25)26)27(37)32-12-11-20-16-33-22-8-4-3-7-21(20)22/h1-10,13-16,33H,11-12H2,(H,32,37). The molecule has 6 rings (SSSR count). The topological polar surface area (TPSA) is 75.1 Å². The molecule has 0 aliphatic heterocycles. The zero-order chi connectivity index (χ0) is 25.6. The van der Waals surface area contributed by atoms with E-state index in [1.807, 2.05) is 60.8 Å². The summed E-state index contributed by atoms with van der Waals surface area (Å²) in [5, 5.41) is 9.61. The molecule has 3 aromatic heterocycles. The largest absolute Gasteiger partial charge is 0.433 e. The molecule has 2 N–H and O–H groups in total. The molecule has 184 valence electrons. The van der Waals surface area contributed by atoms with E-state index in [0.29, 0.717) is 23.0 Å². The summed E-state index contributed by atoms with van der Waals surface area (Å²) in [7, 11) is 0. The molecule has 3 aromatic carbocycles. The quantitative estimate of drug-likeness (QED) is 0.305. The molecular weight excluding hydrogens is 479 g/mol. The van der Waals surface area contributed by atoms with Crippen LogP contribution in [0.1, 0.15) is 21.7 Å². The number of benzene rings is 3. The summed E-state index contributed by atoms with van der Waals surface area (Å²) in [6.07, 6.45) is -2.25. The Labute approximate surface area is 208 Å². The summed E-state index contributed by atoms with van der Waals surface area (Å²) in [6, 6.07) is 23.0. The Balaban J connectivity index is 1.29. The fourth-order valence-corrected chi connectivity index (χ4v) is 4.52. The van der Waals surface area contributed by atoms with Crippen molar-refractivity contribution in [1.29, 1.82) is 0 Å². The summed E-state index contributed by atoms with van der Waals surface area (Å²) in [6.45, 7) is 0.302. The van der Waals surface area contributed by atoms with E-state index in [-0.39, 0.29) is 17.0 Å². The molecule has 1 amide bonds. The molecule has 0 radical (unpaired) electrons. The number of fused-ring (bicyclic) bond motifs is 3. The Bertz CT molecular complexity index is 1780. The van der Waals surface area contributed by atoms with Gasteiger partial charge in [-0.3, -0.25) is 4.79 Å². The number of amides is 1. The number of nitrogens with zero attached hydrogens (tertiary/aromatic N) is 3. The number of rotatable bonds is 5. The molecule has 0 atom stereocenters. The molecule has 3 heterocycles. The highest BCUT2D eigenvalue weighted by molar-refractivity contribution is 5.93. The van der Waals surface area contributed by atoms with Crippen molar-refractivity contribution in [2.75, 3.05) is 6.54 Å². The third kappa shape index (κ3) is 4.29. The second-order valence-electron chi connectivity index (χ2n) is 8.75. The Morgan fingerprint density at radius 3 is 2.57 bits per heavy atom. The van der Waals surface area contributed by atoms with Gasteiger partial charge in [0.2, 0.25) is 0 Å². The number of halogens is 3.